The van der Waals surface area contributed by atoms with Gasteiger partial charge >= 0.3 is 0 Å². The zero-order valence-electron chi connectivity index (χ0n) is 14.4. The predicted octanol–water partition coefficient (Wildman–Crippen LogP) is 2.47. The quantitative estimate of drug-likeness (QED) is 0.641. The van der Waals surface area contributed by atoms with Crippen LogP contribution in [0.2, 0.25) is 0 Å². The van der Waals surface area contributed by atoms with Gasteiger partial charge in [-0.3, -0.25) is 9.89 Å². The number of guanidine groups is 1. The first-order valence-corrected chi connectivity index (χ1v) is 8.79. The Morgan fingerprint density at radius 2 is 2.08 bits per heavy atom. The van der Waals surface area contributed by atoms with Crippen molar-refractivity contribution in [2.24, 2.45) is 4.99 Å². The van der Waals surface area contributed by atoms with Crippen molar-refractivity contribution in [3.05, 3.63) is 35.4 Å². The van der Waals surface area contributed by atoms with E-state index in [-0.39, 0.29) is 17.5 Å². The Bertz CT molecular complexity index is 584. The molecule has 1 aromatic rings. The number of hydrogen-bond donors (Lipinski definition) is 2. The lowest BCUT2D eigenvalue weighted by Gasteiger charge is -2.24. The summed E-state index contributed by atoms with van der Waals surface area (Å²) in [5.74, 6) is -0.334. The maximum absolute atomic E-state index is 13.8. The van der Waals surface area contributed by atoms with Crippen molar-refractivity contribution in [2.75, 3.05) is 26.7 Å². The molecule has 1 heterocycles. The van der Waals surface area contributed by atoms with Gasteiger partial charge in [0.2, 0.25) is 0 Å². The molecule has 0 bridgehead atoms. The van der Waals surface area contributed by atoms with Crippen molar-refractivity contribution < 1.29 is 8.78 Å². The Hall–Kier alpha value is -1.69. The molecule has 2 aliphatic rings. The molecule has 1 aliphatic carbocycles. The normalized spacial score (nSPS) is 27.3. The summed E-state index contributed by atoms with van der Waals surface area (Å²) in [6, 6.07) is 4.61. The lowest BCUT2D eigenvalue weighted by molar-refractivity contribution is 0.267. The van der Waals surface area contributed by atoms with Crippen LogP contribution in [0.3, 0.4) is 0 Å². The molecule has 2 N–H and O–H groups in total. The third-order valence-corrected chi connectivity index (χ3v) is 5.12. The van der Waals surface area contributed by atoms with E-state index in [9.17, 15) is 8.78 Å². The van der Waals surface area contributed by atoms with Gasteiger partial charge in [-0.1, -0.05) is 13.0 Å². The van der Waals surface area contributed by atoms with E-state index < -0.39 is 11.6 Å². The van der Waals surface area contributed by atoms with Gasteiger partial charge in [0.1, 0.15) is 11.6 Å². The van der Waals surface area contributed by atoms with Crippen molar-refractivity contribution in [1.82, 2.24) is 15.5 Å². The highest BCUT2D eigenvalue weighted by atomic mass is 19.1. The van der Waals surface area contributed by atoms with E-state index in [1.54, 1.807) is 7.05 Å². The van der Waals surface area contributed by atoms with Crippen LogP contribution in [0.15, 0.2) is 23.2 Å². The van der Waals surface area contributed by atoms with Crippen molar-refractivity contribution in [3.63, 3.8) is 0 Å². The van der Waals surface area contributed by atoms with Gasteiger partial charge in [-0.05, 0) is 44.5 Å². The number of nitrogens with one attached hydrogen (secondary N) is 2. The van der Waals surface area contributed by atoms with Crippen molar-refractivity contribution in [2.45, 2.75) is 44.2 Å². The molecule has 0 radical (unpaired) electrons. The summed E-state index contributed by atoms with van der Waals surface area (Å²) in [5.41, 5.74) is 0.193. The fourth-order valence-corrected chi connectivity index (χ4v) is 3.67. The highest BCUT2D eigenvalue weighted by Gasteiger charge is 2.42. The predicted molar refractivity (Wildman–Crippen MR) is 92.3 cm³/mol. The van der Waals surface area contributed by atoms with Gasteiger partial charge in [0.15, 0.2) is 5.96 Å². The lowest BCUT2D eigenvalue weighted by Crippen LogP contribution is -2.45. The van der Waals surface area contributed by atoms with Crippen molar-refractivity contribution in [3.8, 4) is 0 Å². The molecule has 0 spiro atoms. The van der Waals surface area contributed by atoms with Gasteiger partial charge in [-0.15, -0.1) is 0 Å². The summed E-state index contributed by atoms with van der Waals surface area (Å²) in [7, 11) is 1.72. The second-order valence-corrected chi connectivity index (χ2v) is 6.61. The molecule has 3 atom stereocenters. The van der Waals surface area contributed by atoms with Crippen LogP contribution in [0.4, 0.5) is 8.78 Å². The lowest BCUT2D eigenvalue weighted by atomic mass is 10.1. The Kier molecular flexibility index (Phi) is 5.33. The molecule has 24 heavy (non-hydrogen) atoms. The molecule has 1 aromatic carbocycles. The van der Waals surface area contributed by atoms with Crippen LogP contribution in [-0.4, -0.2) is 49.6 Å². The van der Waals surface area contributed by atoms with Gasteiger partial charge < -0.3 is 10.6 Å². The van der Waals surface area contributed by atoms with E-state index in [0.717, 1.165) is 26.1 Å². The van der Waals surface area contributed by atoms with Gasteiger partial charge in [0.25, 0.3) is 0 Å². The van der Waals surface area contributed by atoms with Gasteiger partial charge in [0.05, 0.1) is 0 Å². The summed E-state index contributed by atoms with van der Waals surface area (Å²) < 4.78 is 27.7. The highest BCUT2D eigenvalue weighted by Crippen LogP contribution is 2.43. The minimum absolute atomic E-state index is 0.0356. The fourth-order valence-electron chi connectivity index (χ4n) is 3.67. The number of halogens is 2. The van der Waals surface area contributed by atoms with Crippen LogP contribution >= 0.6 is 0 Å². The van der Waals surface area contributed by atoms with Crippen LogP contribution in [0, 0.1) is 11.6 Å². The molecule has 6 heteroatoms. The van der Waals surface area contributed by atoms with Crippen molar-refractivity contribution >= 4 is 5.96 Å². The van der Waals surface area contributed by atoms with E-state index in [4.69, 9.17) is 0 Å². The standard InChI is InChI=1S/C18H26F2N4/c1-3-24-9-5-6-12(24)11-22-18(21-2)23-16-10-13(16)17-14(19)7-4-8-15(17)20/h4,7-8,12-13,16H,3,5-6,9-11H2,1-2H3,(H2,21,22,23). The molecular formula is C18H26F2N4. The molecule has 2 fully saturated rings. The van der Waals surface area contributed by atoms with E-state index >= 15 is 0 Å². The van der Waals surface area contributed by atoms with E-state index in [2.05, 4.69) is 27.4 Å². The van der Waals surface area contributed by atoms with Crippen LogP contribution < -0.4 is 10.6 Å². The maximum atomic E-state index is 13.8. The van der Waals surface area contributed by atoms with Crippen LogP contribution in [0.1, 0.15) is 37.7 Å². The number of nitrogens with zero attached hydrogens (tertiary/aromatic N) is 2. The van der Waals surface area contributed by atoms with E-state index in [1.807, 2.05) is 0 Å². The highest BCUT2D eigenvalue weighted by molar-refractivity contribution is 5.80. The summed E-state index contributed by atoms with van der Waals surface area (Å²) >= 11 is 0. The number of likely N-dealkylation sites (tertiary alicyclic amines) is 1. The number of benzene rings is 1. The molecule has 1 aliphatic heterocycles. The summed E-state index contributed by atoms with van der Waals surface area (Å²) in [6.07, 6.45) is 3.16. The van der Waals surface area contributed by atoms with Gasteiger partial charge in [0, 0.05) is 37.2 Å². The molecule has 3 rings (SSSR count). The summed E-state index contributed by atoms with van der Waals surface area (Å²) in [4.78, 5) is 6.71. The first-order chi connectivity index (χ1) is 11.6. The summed E-state index contributed by atoms with van der Waals surface area (Å²) in [6.45, 7) is 5.25. The van der Waals surface area contributed by atoms with Gasteiger partial charge in [-0.2, -0.15) is 0 Å². The van der Waals surface area contributed by atoms with Crippen LogP contribution in [-0.2, 0) is 0 Å². The molecule has 0 aromatic heterocycles. The average molecular weight is 336 g/mol. The number of hydrogen-bond acceptors (Lipinski definition) is 2. The molecule has 1 saturated carbocycles. The molecule has 3 unspecified atom stereocenters. The van der Waals surface area contributed by atoms with Crippen molar-refractivity contribution in [1.29, 1.82) is 0 Å². The molecule has 4 nitrogen and oxygen atoms in total. The maximum Gasteiger partial charge on any atom is 0.191 e. The van der Waals surface area contributed by atoms with Gasteiger partial charge in [-0.25, -0.2) is 8.78 Å². The van der Waals surface area contributed by atoms with Crippen LogP contribution in [0.5, 0.6) is 0 Å². The average Bonchev–Trinajstić information content (AvgIpc) is 3.16. The van der Waals surface area contributed by atoms with Crippen LogP contribution in [0.25, 0.3) is 0 Å². The Morgan fingerprint density at radius 1 is 1.33 bits per heavy atom. The molecular weight excluding hydrogens is 310 g/mol. The molecule has 132 valence electrons. The first kappa shape index (κ1) is 17.1. The van der Waals surface area contributed by atoms with E-state index in [1.165, 1.54) is 31.0 Å². The molecule has 1 saturated heterocycles. The third kappa shape index (κ3) is 3.69. The Balaban J connectivity index is 1.52. The second kappa shape index (κ2) is 7.47. The zero-order chi connectivity index (χ0) is 17.1. The Morgan fingerprint density at radius 3 is 2.75 bits per heavy atom. The minimum atomic E-state index is -0.461. The third-order valence-electron chi connectivity index (χ3n) is 5.12. The summed E-state index contributed by atoms with van der Waals surface area (Å²) in [5, 5.41) is 6.65. The largest absolute Gasteiger partial charge is 0.355 e. The zero-order valence-corrected chi connectivity index (χ0v) is 14.4. The number of rotatable bonds is 5. The van der Waals surface area contributed by atoms with E-state index in [0.29, 0.717) is 12.0 Å². The Labute approximate surface area is 142 Å². The fraction of sp³-hybridized carbons (Fsp3) is 0.611. The first-order valence-electron chi connectivity index (χ1n) is 8.79. The second-order valence-electron chi connectivity index (χ2n) is 6.61. The SMILES string of the molecule is CCN1CCCC1CNC(=NC)NC1CC1c1c(F)cccc1F. The number of likely N-dealkylation sites (N-methyl/N-ethyl adjacent to an activating group) is 1. The topological polar surface area (TPSA) is 39.7 Å². The minimum Gasteiger partial charge on any atom is -0.355 e. The monoisotopic (exact) mass is 336 g/mol. The molecule has 0 amide bonds. The smallest absolute Gasteiger partial charge is 0.191 e. The number of aliphatic imine (C=N–C) groups is 1.